The largest absolute Gasteiger partial charge is 0.322 e. The van der Waals surface area contributed by atoms with Crippen LogP contribution >= 0.6 is 35.0 Å². The zero-order valence-electron chi connectivity index (χ0n) is 15.8. The van der Waals surface area contributed by atoms with E-state index in [2.05, 4.69) is 5.32 Å². The molecule has 0 bridgehead atoms. The second-order valence-corrected chi connectivity index (χ2v) is 8.76. The zero-order valence-corrected chi connectivity index (χ0v) is 18.2. The topological polar surface area (TPSA) is 49.4 Å². The van der Waals surface area contributed by atoms with E-state index in [1.807, 2.05) is 47.4 Å². The van der Waals surface area contributed by atoms with Gasteiger partial charge in [0.1, 0.15) is 5.37 Å². The number of thioether (sulfide) groups is 1. The van der Waals surface area contributed by atoms with E-state index in [4.69, 9.17) is 23.2 Å². The molecule has 0 aliphatic carbocycles. The van der Waals surface area contributed by atoms with Gasteiger partial charge in [-0.25, -0.2) is 0 Å². The number of amides is 2. The molecule has 1 aliphatic heterocycles. The Bertz CT molecular complexity index is 1070. The first-order valence-corrected chi connectivity index (χ1v) is 11.1. The fourth-order valence-electron chi connectivity index (χ4n) is 3.26. The third-order valence-corrected chi connectivity index (χ3v) is 6.79. The maximum Gasteiger partial charge on any atom is 0.255 e. The predicted molar refractivity (Wildman–Crippen MR) is 123 cm³/mol. The molecule has 1 saturated heterocycles. The minimum absolute atomic E-state index is 0.0649. The highest BCUT2D eigenvalue weighted by Gasteiger charge is 2.32. The van der Waals surface area contributed by atoms with E-state index >= 15 is 0 Å². The summed E-state index contributed by atoms with van der Waals surface area (Å²) < 4.78 is 0. The molecule has 1 heterocycles. The molecule has 4 nitrogen and oxygen atoms in total. The van der Waals surface area contributed by atoms with Crippen LogP contribution in [0.25, 0.3) is 0 Å². The maximum atomic E-state index is 12.5. The molecule has 1 atom stereocenters. The van der Waals surface area contributed by atoms with Crippen LogP contribution in [0.4, 0.5) is 5.69 Å². The number of nitrogens with one attached hydrogen (secondary N) is 1. The molecule has 1 N–H and O–H groups in total. The lowest BCUT2D eigenvalue weighted by atomic mass is 10.1. The summed E-state index contributed by atoms with van der Waals surface area (Å²) in [5.74, 6) is 0.336. The second kappa shape index (κ2) is 9.13. The lowest BCUT2D eigenvalue weighted by Gasteiger charge is -2.24. The Morgan fingerprint density at radius 3 is 2.43 bits per heavy atom. The Balaban J connectivity index is 1.47. The lowest BCUT2D eigenvalue weighted by Crippen LogP contribution is -2.27. The number of benzene rings is 3. The van der Waals surface area contributed by atoms with Crippen molar-refractivity contribution in [1.29, 1.82) is 0 Å². The van der Waals surface area contributed by atoms with E-state index in [9.17, 15) is 9.59 Å². The Morgan fingerprint density at radius 2 is 1.73 bits per heavy atom. The van der Waals surface area contributed by atoms with Crippen LogP contribution in [0, 0.1) is 0 Å². The van der Waals surface area contributed by atoms with Crippen LogP contribution in [0.2, 0.25) is 10.0 Å². The number of anilines is 1. The van der Waals surface area contributed by atoms with Crippen LogP contribution < -0.4 is 5.32 Å². The standard InChI is InChI=1S/C23H18Cl2N2O2S/c24-19-11-10-18(12-20(19)25)26-22(29)16-6-8-17(9-7-16)23-27(21(28)14-30-23)13-15-4-2-1-3-5-15/h1-12,23H,13-14H2,(H,26,29)/t23-/m1/s1. The van der Waals surface area contributed by atoms with Crippen molar-refractivity contribution in [2.24, 2.45) is 0 Å². The van der Waals surface area contributed by atoms with Gasteiger partial charge in [0.2, 0.25) is 5.91 Å². The van der Waals surface area contributed by atoms with Gasteiger partial charge in [0.25, 0.3) is 5.91 Å². The summed E-state index contributed by atoms with van der Waals surface area (Å²) >= 11 is 13.5. The molecular formula is C23H18Cl2N2O2S. The van der Waals surface area contributed by atoms with Crippen LogP contribution in [0.1, 0.15) is 26.9 Å². The smallest absolute Gasteiger partial charge is 0.255 e. The van der Waals surface area contributed by atoms with Gasteiger partial charge in [-0.3, -0.25) is 9.59 Å². The van der Waals surface area contributed by atoms with Gasteiger partial charge in [-0.2, -0.15) is 0 Å². The Morgan fingerprint density at radius 1 is 1.00 bits per heavy atom. The van der Waals surface area contributed by atoms with E-state index in [1.54, 1.807) is 42.1 Å². The lowest BCUT2D eigenvalue weighted by molar-refractivity contribution is -0.128. The zero-order chi connectivity index (χ0) is 21.1. The number of carbonyl (C=O) groups excluding carboxylic acids is 2. The summed E-state index contributed by atoms with van der Waals surface area (Å²) in [5, 5.41) is 3.56. The molecule has 0 radical (unpaired) electrons. The number of hydrogen-bond acceptors (Lipinski definition) is 3. The minimum atomic E-state index is -0.240. The van der Waals surface area contributed by atoms with E-state index in [1.165, 1.54) is 0 Å². The van der Waals surface area contributed by atoms with Gasteiger partial charge in [0.15, 0.2) is 0 Å². The molecule has 4 rings (SSSR count). The van der Waals surface area contributed by atoms with Crippen molar-refractivity contribution in [3.8, 4) is 0 Å². The van der Waals surface area contributed by atoms with E-state index in [0.717, 1.165) is 11.1 Å². The molecule has 30 heavy (non-hydrogen) atoms. The summed E-state index contributed by atoms with van der Waals surface area (Å²) in [6, 6.07) is 22.2. The third-order valence-electron chi connectivity index (χ3n) is 4.80. The first-order chi connectivity index (χ1) is 14.5. The number of rotatable bonds is 5. The van der Waals surface area contributed by atoms with Crippen LogP contribution in [-0.2, 0) is 11.3 Å². The fourth-order valence-corrected chi connectivity index (χ4v) is 4.74. The van der Waals surface area contributed by atoms with E-state index in [0.29, 0.717) is 33.6 Å². The molecule has 0 unspecified atom stereocenters. The maximum absolute atomic E-state index is 12.5. The molecule has 152 valence electrons. The van der Waals surface area contributed by atoms with Gasteiger partial charge in [-0.15, -0.1) is 11.8 Å². The SMILES string of the molecule is O=C(Nc1ccc(Cl)c(Cl)c1)c1ccc([C@H]2SCC(=O)N2Cc2ccccc2)cc1. The molecule has 3 aromatic carbocycles. The van der Waals surface area contributed by atoms with Crippen LogP contribution in [0.3, 0.4) is 0 Å². The highest BCUT2D eigenvalue weighted by Crippen LogP contribution is 2.39. The summed E-state index contributed by atoms with van der Waals surface area (Å²) in [6.45, 7) is 0.566. The number of hydrogen-bond donors (Lipinski definition) is 1. The summed E-state index contributed by atoms with van der Waals surface area (Å²) in [5.41, 5.74) is 3.18. The van der Waals surface area contributed by atoms with Crippen molar-refractivity contribution in [3.63, 3.8) is 0 Å². The molecule has 1 fully saturated rings. The molecule has 7 heteroatoms. The van der Waals surface area contributed by atoms with Gasteiger partial charge in [0, 0.05) is 17.8 Å². The second-order valence-electron chi connectivity index (χ2n) is 6.88. The number of carbonyl (C=O) groups is 2. The first-order valence-electron chi connectivity index (χ1n) is 9.32. The minimum Gasteiger partial charge on any atom is -0.322 e. The number of nitrogens with zero attached hydrogens (tertiary/aromatic N) is 1. The molecule has 3 aromatic rings. The Kier molecular flexibility index (Phi) is 6.32. The highest BCUT2D eigenvalue weighted by molar-refractivity contribution is 8.00. The van der Waals surface area contributed by atoms with Crippen molar-refractivity contribution in [2.45, 2.75) is 11.9 Å². The predicted octanol–water partition coefficient (Wildman–Crippen LogP) is 6.02. The molecule has 1 aliphatic rings. The van der Waals surface area contributed by atoms with Crippen LogP contribution in [0.5, 0.6) is 0 Å². The first kappa shape index (κ1) is 20.8. The summed E-state index contributed by atoms with van der Waals surface area (Å²) in [7, 11) is 0. The Hall–Kier alpha value is -2.47. The summed E-state index contributed by atoms with van der Waals surface area (Å²) in [4.78, 5) is 26.8. The molecule has 0 aromatic heterocycles. The van der Waals surface area contributed by atoms with Crippen molar-refractivity contribution in [1.82, 2.24) is 4.90 Å². The molecular weight excluding hydrogens is 439 g/mol. The quantitative estimate of drug-likeness (QED) is 0.510. The Labute approximate surface area is 189 Å². The third kappa shape index (κ3) is 4.64. The molecule has 2 amide bonds. The van der Waals surface area contributed by atoms with Gasteiger partial charge < -0.3 is 10.2 Å². The van der Waals surface area contributed by atoms with Crippen molar-refractivity contribution >= 4 is 52.5 Å². The van der Waals surface area contributed by atoms with E-state index in [-0.39, 0.29) is 17.2 Å². The van der Waals surface area contributed by atoms with Gasteiger partial charge in [-0.1, -0.05) is 65.7 Å². The van der Waals surface area contributed by atoms with Crippen molar-refractivity contribution in [2.75, 3.05) is 11.1 Å². The fraction of sp³-hybridized carbons (Fsp3) is 0.130. The highest BCUT2D eigenvalue weighted by atomic mass is 35.5. The van der Waals surface area contributed by atoms with Crippen molar-refractivity contribution in [3.05, 3.63) is 99.5 Å². The summed E-state index contributed by atoms with van der Waals surface area (Å²) in [6.07, 6.45) is 0. The molecule has 0 saturated carbocycles. The average molecular weight is 457 g/mol. The van der Waals surface area contributed by atoms with Crippen LogP contribution in [-0.4, -0.2) is 22.5 Å². The van der Waals surface area contributed by atoms with Gasteiger partial charge >= 0.3 is 0 Å². The van der Waals surface area contributed by atoms with Crippen molar-refractivity contribution < 1.29 is 9.59 Å². The van der Waals surface area contributed by atoms with Gasteiger partial charge in [-0.05, 0) is 41.5 Å². The monoisotopic (exact) mass is 456 g/mol. The van der Waals surface area contributed by atoms with Crippen LogP contribution in [0.15, 0.2) is 72.8 Å². The van der Waals surface area contributed by atoms with E-state index < -0.39 is 0 Å². The van der Waals surface area contributed by atoms with Gasteiger partial charge in [0.05, 0.1) is 15.8 Å². The number of halogens is 2. The average Bonchev–Trinajstić information content (AvgIpc) is 3.12. The normalized spacial score (nSPS) is 16.0. The molecule has 0 spiro atoms.